The number of aromatic nitrogens is 2. The van der Waals surface area contributed by atoms with E-state index in [0.29, 0.717) is 16.7 Å². The van der Waals surface area contributed by atoms with Gasteiger partial charge in [-0.25, -0.2) is 32.8 Å². The van der Waals surface area contributed by atoms with E-state index in [1.165, 1.54) is 30.9 Å². The molecule has 3 heterocycles. The van der Waals surface area contributed by atoms with Crippen molar-refractivity contribution in [2.45, 2.75) is 59.5 Å². The van der Waals surface area contributed by atoms with Crippen LogP contribution in [0.15, 0.2) is 187 Å². The van der Waals surface area contributed by atoms with Crippen LogP contribution < -0.4 is 11.0 Å². The summed E-state index contributed by atoms with van der Waals surface area (Å²) in [4.78, 5) is 79.7. The molecule has 0 spiro atoms. The van der Waals surface area contributed by atoms with Gasteiger partial charge in [-0.05, 0) is 97.7 Å². The Labute approximate surface area is 454 Å². The highest BCUT2D eigenvalue weighted by Crippen LogP contribution is 2.45. The van der Waals surface area contributed by atoms with Crippen LogP contribution in [0.4, 0.5) is 14.6 Å². The van der Waals surface area contributed by atoms with Gasteiger partial charge in [-0.3, -0.25) is 9.36 Å². The maximum Gasteiger partial charge on any atom is 0.350 e. The molecule has 2 aliphatic heterocycles. The summed E-state index contributed by atoms with van der Waals surface area (Å²) in [6.45, 7) is 2.69. The number of amides is 1. The number of nitrogens with zero attached hydrogens (tertiary/aromatic N) is 2. The molecule has 2 saturated heterocycles. The Hall–Kier alpha value is -8.41. The lowest BCUT2D eigenvalue weighted by Crippen LogP contribution is -2.37. The van der Waals surface area contributed by atoms with E-state index in [0.717, 1.165) is 59.4 Å². The number of halogens is 2. The molecule has 1 N–H and O–H groups in total. The van der Waals surface area contributed by atoms with E-state index >= 15 is 4.39 Å². The number of anilines is 1. The number of rotatable bonds is 12. The first kappa shape index (κ1) is 53.0. The summed E-state index contributed by atoms with van der Waals surface area (Å²) < 4.78 is 54.6. The fourth-order valence-corrected chi connectivity index (χ4v) is 12.2. The summed E-state index contributed by atoms with van der Waals surface area (Å²) in [5.74, 6) is -2.82. The normalized spacial score (nSPS) is 20.6. The molecular formula is C61H49F2N3O10S2. The molecule has 1 amide bonds. The van der Waals surface area contributed by atoms with Crippen molar-refractivity contribution < 1.29 is 51.7 Å². The van der Waals surface area contributed by atoms with Crippen LogP contribution >= 0.6 is 23.5 Å². The monoisotopic (exact) mass is 1090 g/mol. The smallest absolute Gasteiger partial charge is 0.350 e. The van der Waals surface area contributed by atoms with Crippen LogP contribution in [0.5, 0.6) is 0 Å². The highest BCUT2D eigenvalue weighted by atomic mass is 32.2. The number of hydrogen-bond acceptors (Lipinski definition) is 13. The second kappa shape index (κ2) is 23.5. The first-order valence-electron chi connectivity index (χ1n) is 24.9. The Morgan fingerprint density at radius 1 is 0.513 bits per heavy atom. The number of esters is 4. The fourth-order valence-electron chi connectivity index (χ4n) is 9.36. The predicted molar refractivity (Wildman–Crippen MR) is 299 cm³/mol. The third kappa shape index (κ3) is 11.9. The molecule has 0 saturated carbocycles. The summed E-state index contributed by atoms with van der Waals surface area (Å²) in [6, 6.07) is 52.7. The van der Waals surface area contributed by atoms with Crippen molar-refractivity contribution in [1.29, 1.82) is 0 Å². The molecule has 2 aliphatic rings. The summed E-state index contributed by atoms with van der Waals surface area (Å²) in [5.41, 5.74) is 0.539. The van der Waals surface area contributed by atoms with E-state index in [1.807, 2.05) is 115 Å². The Morgan fingerprint density at radius 3 is 1.28 bits per heavy atom. The van der Waals surface area contributed by atoms with Crippen LogP contribution in [0, 0.1) is 0 Å². The van der Waals surface area contributed by atoms with Crippen molar-refractivity contribution in [2.75, 3.05) is 18.5 Å². The van der Waals surface area contributed by atoms with Crippen LogP contribution in [-0.2, 0) is 23.7 Å². The van der Waals surface area contributed by atoms with Crippen LogP contribution in [0.3, 0.4) is 0 Å². The largest absolute Gasteiger partial charge is 0.461 e. The number of hydrogen-bond donors (Lipinski definition) is 1. The maximum absolute atomic E-state index is 16.1. The average molecular weight is 1090 g/mol. The molecule has 0 aliphatic carbocycles. The second-order valence-corrected chi connectivity index (χ2v) is 21.7. The van der Waals surface area contributed by atoms with Gasteiger partial charge in [-0.1, -0.05) is 128 Å². The lowest BCUT2D eigenvalue weighted by molar-refractivity contribution is -0.114. The molecule has 0 bridgehead atoms. The average Bonchev–Trinajstić information content (AvgIpc) is 3.96. The maximum atomic E-state index is 16.1. The second-order valence-electron chi connectivity index (χ2n) is 18.7. The van der Waals surface area contributed by atoms with Gasteiger partial charge in [0.25, 0.3) is 0 Å². The molecule has 1 aromatic heterocycles. The van der Waals surface area contributed by atoms with Gasteiger partial charge >= 0.3 is 29.6 Å². The van der Waals surface area contributed by atoms with E-state index < -0.39 is 75.9 Å². The highest BCUT2D eigenvalue weighted by Gasteiger charge is 2.49. The molecule has 9 aromatic rings. The topological polar surface area (TPSA) is 169 Å². The van der Waals surface area contributed by atoms with E-state index in [9.17, 15) is 33.2 Å². The molecule has 11 rings (SSSR count). The van der Waals surface area contributed by atoms with E-state index in [4.69, 9.17) is 18.9 Å². The van der Waals surface area contributed by atoms with E-state index in [1.54, 1.807) is 61.5 Å². The lowest BCUT2D eigenvalue weighted by atomic mass is 10.1. The van der Waals surface area contributed by atoms with Crippen molar-refractivity contribution in [2.24, 2.45) is 0 Å². The molecule has 8 aromatic carbocycles. The third-order valence-corrected chi connectivity index (χ3v) is 16.3. The quantitative estimate of drug-likeness (QED) is 0.0907. The molecular weight excluding hydrogens is 1040 g/mol. The van der Waals surface area contributed by atoms with Gasteiger partial charge in [0.2, 0.25) is 5.91 Å². The molecule has 0 radical (unpaired) electrons. The first-order chi connectivity index (χ1) is 37.8. The van der Waals surface area contributed by atoms with Crippen LogP contribution in [0.25, 0.3) is 43.1 Å². The van der Waals surface area contributed by atoms with Crippen LogP contribution in [0.2, 0.25) is 0 Å². The van der Waals surface area contributed by atoms with Gasteiger partial charge in [-0.15, -0.1) is 23.5 Å². The molecule has 17 heteroatoms. The fraction of sp³-hybridized carbons (Fsp3) is 0.197. The Balaban J connectivity index is 0.000000182. The zero-order valence-corrected chi connectivity index (χ0v) is 43.5. The van der Waals surface area contributed by atoms with Crippen molar-refractivity contribution in [3.8, 4) is 0 Å². The van der Waals surface area contributed by atoms with Gasteiger partial charge in [0.05, 0.1) is 32.8 Å². The number of carbonyl (C=O) groups excluding carboxylic acids is 5. The van der Waals surface area contributed by atoms with Gasteiger partial charge in [0.1, 0.15) is 36.7 Å². The molecule has 13 nitrogen and oxygen atoms in total. The van der Waals surface area contributed by atoms with Gasteiger partial charge in [-0.2, -0.15) is 4.98 Å². The molecule has 78 heavy (non-hydrogen) atoms. The number of thioether (sulfide) groups is 2. The minimum absolute atomic E-state index is 0.0253. The number of alkyl halides is 2. The van der Waals surface area contributed by atoms with Gasteiger partial charge < -0.3 is 24.3 Å². The molecule has 0 unspecified atom stereocenters. The zero-order valence-electron chi connectivity index (χ0n) is 41.9. The number of carbonyl (C=O) groups is 5. The van der Waals surface area contributed by atoms with Crippen molar-refractivity contribution in [1.82, 2.24) is 9.55 Å². The van der Waals surface area contributed by atoms with Crippen LogP contribution in [-0.4, -0.2) is 92.9 Å². The van der Waals surface area contributed by atoms with Crippen molar-refractivity contribution in [3.63, 3.8) is 0 Å². The number of ether oxygens (including phenoxy) is 4. The summed E-state index contributed by atoms with van der Waals surface area (Å²) in [7, 11) is 0. The number of nitrogens with one attached hydrogen (secondary N) is 1. The lowest BCUT2D eigenvalue weighted by Gasteiger charge is -2.21. The van der Waals surface area contributed by atoms with E-state index in [2.05, 4.69) is 10.3 Å². The minimum atomic E-state index is -1.85. The number of fused-ring (bicyclic) bond motifs is 4. The number of benzene rings is 8. The Morgan fingerprint density at radius 2 is 0.885 bits per heavy atom. The van der Waals surface area contributed by atoms with Crippen LogP contribution in [0.1, 0.15) is 60.7 Å². The van der Waals surface area contributed by atoms with Gasteiger partial charge in [0.15, 0.2) is 12.3 Å². The van der Waals surface area contributed by atoms with Gasteiger partial charge in [0, 0.05) is 18.4 Å². The molecule has 8 atom stereocenters. The van der Waals surface area contributed by atoms with Crippen molar-refractivity contribution in [3.05, 3.63) is 215 Å². The van der Waals surface area contributed by atoms with Crippen molar-refractivity contribution >= 4 is 102 Å². The zero-order chi connectivity index (χ0) is 54.5. The predicted octanol–water partition coefficient (Wildman–Crippen LogP) is 11.8. The summed E-state index contributed by atoms with van der Waals surface area (Å²) in [5, 5.41) is 7.01. The Bertz CT molecular complexity index is 3820. The SMILES string of the molecule is CC(=O)Nc1ccn([C@@H]2S[C@H](COC(=O)c3ccc4ccccc4c3)[C@@H](OC(=O)c3ccc4ccccc4c3)[C@@H]2F)c(=O)n1.C[C@H]1S[C@H](COC(=O)c2ccc3ccccc3c2)[C@@H](OC(=O)c2ccc3ccccc3c2)[C@@H]1F. The van der Waals surface area contributed by atoms with E-state index in [-0.39, 0.29) is 29.8 Å². The summed E-state index contributed by atoms with van der Waals surface area (Å²) >= 11 is 2.33. The Kier molecular flexibility index (Phi) is 15.9. The highest BCUT2D eigenvalue weighted by molar-refractivity contribution is 8.01. The molecule has 394 valence electrons. The summed E-state index contributed by atoms with van der Waals surface area (Å²) in [6.07, 6.45) is -4.23. The first-order valence-corrected chi connectivity index (χ1v) is 26.8. The minimum Gasteiger partial charge on any atom is -0.461 e. The molecule has 2 fully saturated rings. The third-order valence-electron chi connectivity index (χ3n) is 13.4. The standard InChI is InChI=1S/C33H26FN3O6S.C28H23FO4S/c1-19(38)35-27-14-15-37(33(41)36-27)30-28(34)29(43-32(40)25-13-11-21-7-3-5-9-23(21)17-25)26(44-30)18-42-31(39)24-12-10-20-6-2-4-8-22(20)16-24;1-17-25(29)26(33-28(31)23-13-11-19-7-3-5-9-21(19)15-23)24(34-17)16-32-27(30)22-12-10-18-6-2-4-8-20(18)14-22/h2-17,26,28-30H,18H2,1H3,(H,35,36,38,41);2-15,17,24-26H,16H2,1H3/t26-,28+,29-,30-;17-,24-,25-,26-/m11/s1.